The molecule has 0 aromatic carbocycles. The number of hydrogen-bond acceptors (Lipinski definition) is 5. The number of carboxylic acids is 1. The molecule has 1 aromatic heterocycles. The molecule has 1 unspecified atom stereocenters. The molecule has 6 nitrogen and oxygen atoms in total. The van der Waals surface area contributed by atoms with Crippen LogP contribution in [0.4, 0.5) is 0 Å². The highest BCUT2D eigenvalue weighted by atomic mass is 32.2. The van der Waals surface area contributed by atoms with E-state index >= 15 is 0 Å². The summed E-state index contributed by atoms with van der Waals surface area (Å²) >= 11 is 0.879. The van der Waals surface area contributed by atoms with E-state index < -0.39 is 16.0 Å². The van der Waals surface area contributed by atoms with E-state index in [1.54, 1.807) is 6.92 Å². The quantitative estimate of drug-likeness (QED) is 0.786. The molecule has 0 aliphatic carbocycles. The summed E-state index contributed by atoms with van der Waals surface area (Å²) in [5.41, 5.74) is 0. The highest BCUT2D eigenvalue weighted by Gasteiger charge is 2.23. The Morgan fingerprint density at radius 2 is 2.28 bits per heavy atom. The summed E-state index contributed by atoms with van der Waals surface area (Å²) in [4.78, 5) is 10.5. The summed E-state index contributed by atoms with van der Waals surface area (Å²) in [7, 11) is -3.81. The molecule has 8 heteroatoms. The van der Waals surface area contributed by atoms with Crippen molar-refractivity contribution in [2.45, 2.75) is 24.8 Å². The van der Waals surface area contributed by atoms with E-state index in [-0.39, 0.29) is 22.4 Å². The summed E-state index contributed by atoms with van der Waals surface area (Å²) in [6.45, 7) is 4.14. The van der Waals surface area contributed by atoms with Gasteiger partial charge in [-0.15, -0.1) is 11.3 Å². The van der Waals surface area contributed by atoms with Crippen LogP contribution in [0.15, 0.2) is 16.3 Å². The Labute approximate surface area is 110 Å². The third kappa shape index (κ3) is 3.77. The highest BCUT2D eigenvalue weighted by Crippen LogP contribution is 2.21. The molecule has 18 heavy (non-hydrogen) atoms. The monoisotopic (exact) mass is 293 g/mol. The van der Waals surface area contributed by atoms with E-state index in [4.69, 9.17) is 9.84 Å². The van der Waals surface area contributed by atoms with Crippen molar-refractivity contribution in [2.75, 3.05) is 13.2 Å². The maximum absolute atomic E-state index is 11.9. The van der Waals surface area contributed by atoms with E-state index in [0.29, 0.717) is 6.61 Å². The second-order valence-corrected chi connectivity index (χ2v) is 6.19. The number of carbonyl (C=O) groups is 1. The summed E-state index contributed by atoms with van der Waals surface area (Å²) < 4.78 is 31.3. The molecule has 102 valence electrons. The zero-order valence-electron chi connectivity index (χ0n) is 10.0. The van der Waals surface area contributed by atoms with Crippen LogP contribution in [-0.4, -0.2) is 38.7 Å². The Morgan fingerprint density at radius 3 is 2.83 bits per heavy atom. The summed E-state index contributed by atoms with van der Waals surface area (Å²) in [5, 5.41) is 10.3. The van der Waals surface area contributed by atoms with Crippen molar-refractivity contribution in [3.8, 4) is 0 Å². The first-order valence-corrected chi connectivity index (χ1v) is 7.66. The van der Waals surface area contributed by atoms with Crippen LogP contribution in [0.5, 0.6) is 0 Å². The first-order valence-electron chi connectivity index (χ1n) is 5.30. The van der Waals surface area contributed by atoms with E-state index in [1.807, 2.05) is 6.92 Å². The molecular formula is C10H15NO5S2. The topological polar surface area (TPSA) is 92.7 Å². The second kappa shape index (κ2) is 6.28. The maximum atomic E-state index is 11.9. The molecule has 1 rings (SSSR count). The van der Waals surface area contributed by atoms with Crippen molar-refractivity contribution in [1.82, 2.24) is 4.72 Å². The second-order valence-electron chi connectivity index (χ2n) is 3.54. The number of sulfonamides is 1. The summed E-state index contributed by atoms with van der Waals surface area (Å²) in [6.07, 6.45) is -0.267. The third-order valence-corrected chi connectivity index (χ3v) is 4.62. The smallest absolute Gasteiger partial charge is 0.347 e. The number of ether oxygens (including phenoxy) is 1. The lowest BCUT2D eigenvalue weighted by Crippen LogP contribution is -2.32. The predicted molar refractivity (Wildman–Crippen MR) is 67.6 cm³/mol. The third-order valence-electron chi connectivity index (χ3n) is 2.12. The number of hydrogen-bond donors (Lipinski definition) is 2. The maximum Gasteiger partial charge on any atom is 0.347 e. The van der Waals surface area contributed by atoms with E-state index in [9.17, 15) is 13.2 Å². The molecule has 0 fully saturated rings. The molecule has 1 aromatic rings. The minimum Gasteiger partial charge on any atom is -0.477 e. The lowest BCUT2D eigenvalue weighted by molar-refractivity contribution is 0.0698. The first-order chi connectivity index (χ1) is 8.38. The molecule has 0 aliphatic rings. The summed E-state index contributed by atoms with van der Waals surface area (Å²) in [6, 6.07) is 1.28. The Hall–Kier alpha value is -0.960. The van der Waals surface area contributed by atoms with E-state index in [2.05, 4.69) is 4.72 Å². The summed E-state index contributed by atoms with van der Waals surface area (Å²) in [5.74, 6) is -1.25. The van der Waals surface area contributed by atoms with Crippen LogP contribution >= 0.6 is 11.3 Å². The van der Waals surface area contributed by atoms with Gasteiger partial charge in [-0.25, -0.2) is 17.9 Å². The van der Waals surface area contributed by atoms with Crippen molar-refractivity contribution in [2.24, 2.45) is 0 Å². The van der Waals surface area contributed by atoms with Crippen LogP contribution in [0, 0.1) is 0 Å². The van der Waals surface area contributed by atoms with Crippen LogP contribution in [0.25, 0.3) is 0 Å². The lowest BCUT2D eigenvalue weighted by Gasteiger charge is -2.12. The Balaban J connectivity index is 2.80. The molecule has 0 spiro atoms. The molecule has 0 bridgehead atoms. The SMILES string of the molecule is CCOC(C)CNS(=O)(=O)c1ccsc1C(=O)O. The van der Waals surface area contributed by atoms with Gasteiger partial charge in [-0.1, -0.05) is 0 Å². The Morgan fingerprint density at radius 1 is 1.61 bits per heavy atom. The molecule has 0 radical (unpaired) electrons. The number of aromatic carboxylic acids is 1. The normalized spacial score (nSPS) is 13.4. The Bertz CT molecular complexity index is 508. The van der Waals surface area contributed by atoms with Crippen molar-refractivity contribution >= 4 is 27.3 Å². The molecule has 2 N–H and O–H groups in total. The fourth-order valence-electron chi connectivity index (χ4n) is 1.31. The minimum absolute atomic E-state index is 0.102. The fraction of sp³-hybridized carbons (Fsp3) is 0.500. The molecule has 0 amide bonds. The minimum atomic E-state index is -3.81. The highest BCUT2D eigenvalue weighted by molar-refractivity contribution is 7.89. The van der Waals surface area contributed by atoms with Crippen LogP contribution in [0.1, 0.15) is 23.5 Å². The molecule has 0 saturated carbocycles. The van der Waals surface area contributed by atoms with Crippen LogP contribution in [0.2, 0.25) is 0 Å². The van der Waals surface area contributed by atoms with Crippen LogP contribution < -0.4 is 4.72 Å². The van der Waals surface area contributed by atoms with Gasteiger partial charge in [0.05, 0.1) is 6.10 Å². The van der Waals surface area contributed by atoms with Gasteiger partial charge < -0.3 is 9.84 Å². The average Bonchev–Trinajstić information content (AvgIpc) is 2.76. The van der Waals surface area contributed by atoms with Crippen LogP contribution in [0.3, 0.4) is 0 Å². The number of thiophene rings is 1. The van der Waals surface area contributed by atoms with Gasteiger partial charge in [-0.2, -0.15) is 0 Å². The van der Waals surface area contributed by atoms with Crippen LogP contribution in [-0.2, 0) is 14.8 Å². The molecule has 1 atom stereocenters. The molecule has 1 heterocycles. The largest absolute Gasteiger partial charge is 0.477 e. The average molecular weight is 293 g/mol. The molecule has 0 saturated heterocycles. The van der Waals surface area contributed by atoms with Crippen molar-refractivity contribution in [3.63, 3.8) is 0 Å². The first kappa shape index (κ1) is 15.1. The fourth-order valence-corrected chi connectivity index (χ4v) is 3.69. The van der Waals surface area contributed by atoms with E-state index in [0.717, 1.165) is 11.3 Å². The Kier molecular flexibility index (Phi) is 5.27. The van der Waals surface area contributed by atoms with Gasteiger partial charge in [-0.05, 0) is 25.3 Å². The van der Waals surface area contributed by atoms with Crippen molar-refractivity contribution < 1.29 is 23.1 Å². The molecule has 0 aliphatic heterocycles. The number of rotatable bonds is 7. The zero-order chi connectivity index (χ0) is 13.8. The molecular weight excluding hydrogens is 278 g/mol. The zero-order valence-corrected chi connectivity index (χ0v) is 11.7. The van der Waals surface area contributed by atoms with Gasteiger partial charge >= 0.3 is 5.97 Å². The van der Waals surface area contributed by atoms with Gasteiger partial charge in [0.1, 0.15) is 9.77 Å². The van der Waals surface area contributed by atoms with Gasteiger partial charge in [0.2, 0.25) is 10.0 Å². The van der Waals surface area contributed by atoms with Gasteiger partial charge in [0.25, 0.3) is 0 Å². The number of nitrogens with one attached hydrogen (secondary N) is 1. The number of carboxylic acid groups (broad SMARTS) is 1. The van der Waals surface area contributed by atoms with Gasteiger partial charge in [0.15, 0.2) is 0 Å². The predicted octanol–water partition coefficient (Wildman–Crippen LogP) is 1.15. The van der Waals surface area contributed by atoms with Gasteiger partial charge in [0, 0.05) is 13.2 Å². The van der Waals surface area contributed by atoms with Gasteiger partial charge in [-0.3, -0.25) is 0 Å². The van der Waals surface area contributed by atoms with Crippen molar-refractivity contribution in [3.05, 3.63) is 16.3 Å². The van der Waals surface area contributed by atoms with Crippen molar-refractivity contribution in [1.29, 1.82) is 0 Å². The standard InChI is InChI=1S/C10H15NO5S2/c1-3-16-7(2)6-11-18(14,15)8-4-5-17-9(8)10(12)13/h4-5,7,11H,3,6H2,1-2H3,(H,12,13). The lowest BCUT2D eigenvalue weighted by atomic mass is 10.4. The van der Waals surface area contributed by atoms with E-state index in [1.165, 1.54) is 11.4 Å².